The number of unbranched alkanes of at least 4 members (excludes halogenated alkanes) is 30. The Balaban J connectivity index is 4.44. The Kier molecular flexibility index (Phi) is 59.8. The summed E-state index contributed by atoms with van der Waals surface area (Å²) in [4.78, 5) is 38.3. The van der Waals surface area contributed by atoms with Crippen molar-refractivity contribution in [3.05, 3.63) is 97.2 Å². The van der Waals surface area contributed by atoms with Crippen molar-refractivity contribution in [3.8, 4) is 0 Å². The second-order valence-electron chi connectivity index (χ2n) is 20.9. The molecule has 0 saturated heterocycles. The molecule has 0 radical (unpaired) electrons. The molecular formula is C69H118O6. The highest BCUT2D eigenvalue weighted by Gasteiger charge is 2.19. The number of esters is 3. The maximum atomic E-state index is 12.9. The number of carbonyl (C=O) groups excluding carboxylic acids is 3. The molecule has 0 aromatic rings. The summed E-state index contributed by atoms with van der Waals surface area (Å²) in [5, 5.41) is 0. The lowest BCUT2D eigenvalue weighted by molar-refractivity contribution is -0.167. The van der Waals surface area contributed by atoms with E-state index >= 15 is 0 Å². The Hall–Kier alpha value is -3.67. The molecule has 0 rings (SSSR count). The average Bonchev–Trinajstić information content (AvgIpc) is 3.41. The largest absolute Gasteiger partial charge is 0.462 e. The van der Waals surface area contributed by atoms with Crippen LogP contribution < -0.4 is 0 Å². The number of allylic oxidation sites excluding steroid dienone is 16. The van der Waals surface area contributed by atoms with Crippen LogP contribution in [0.1, 0.15) is 303 Å². The van der Waals surface area contributed by atoms with Crippen LogP contribution in [-0.4, -0.2) is 37.2 Å². The van der Waals surface area contributed by atoms with Crippen molar-refractivity contribution in [2.24, 2.45) is 0 Å². The minimum atomic E-state index is -0.806. The molecule has 1 unspecified atom stereocenters. The Morgan fingerprint density at radius 3 is 0.907 bits per heavy atom. The molecule has 0 aliphatic rings. The van der Waals surface area contributed by atoms with Crippen LogP contribution in [0.2, 0.25) is 0 Å². The summed E-state index contributed by atoms with van der Waals surface area (Å²) in [5.74, 6) is -0.955. The molecular weight excluding hydrogens is 925 g/mol. The van der Waals surface area contributed by atoms with Crippen molar-refractivity contribution in [1.82, 2.24) is 0 Å². The number of ether oxygens (including phenoxy) is 3. The lowest BCUT2D eigenvalue weighted by atomic mass is 10.1. The predicted octanol–water partition coefficient (Wildman–Crippen LogP) is 21.7. The monoisotopic (exact) mass is 1040 g/mol. The van der Waals surface area contributed by atoms with Gasteiger partial charge in [0, 0.05) is 19.3 Å². The molecule has 0 aromatic heterocycles. The molecule has 0 N–H and O–H groups in total. The molecule has 0 aliphatic heterocycles. The standard InChI is InChI=1S/C69H118O6/c1-4-7-10-13-16-19-22-25-28-31-33-34-36-38-41-44-47-50-53-56-59-62-68(71)74-65-66(64-73-67(70)61-58-55-52-49-46-43-40-37-30-27-24-21-18-15-12-9-6-3)75-69(72)63-60-57-54-51-48-45-42-39-35-32-29-26-23-20-17-14-11-8-5-2/h9,12,17-18,20-21,26-27,29-31,33,40,43,49,52,66H,4-8,10-11,13-16,19,22-25,28,32,34-39,41-42,44-48,50-51,53-65H2,1-3H3/b12-9-,20-17-,21-18-,29-26-,30-27-,33-31-,43-40-,52-49-. The number of rotatable bonds is 57. The molecule has 0 aliphatic carbocycles. The SMILES string of the molecule is CC/C=C\C/C=C\C/C=C\C/C=C\C/C=C\CCCC(=O)OCC(COC(=O)CCCCCCCCCCC/C=C\CCCCCCCCCC)OC(=O)CCCCCCCCCCC/C=C\C/C=C\CCCCC. The molecule has 0 amide bonds. The minimum Gasteiger partial charge on any atom is -0.462 e. The molecule has 0 saturated carbocycles. The van der Waals surface area contributed by atoms with E-state index in [1.54, 1.807) is 0 Å². The Morgan fingerprint density at radius 2 is 0.533 bits per heavy atom. The second kappa shape index (κ2) is 62.9. The maximum absolute atomic E-state index is 12.9. The van der Waals surface area contributed by atoms with Gasteiger partial charge in [-0.3, -0.25) is 14.4 Å². The fourth-order valence-electron chi connectivity index (χ4n) is 8.80. The molecule has 0 aromatic carbocycles. The summed E-state index contributed by atoms with van der Waals surface area (Å²) in [6.45, 7) is 6.47. The highest BCUT2D eigenvalue weighted by atomic mass is 16.6. The number of hydrogen-bond donors (Lipinski definition) is 0. The number of hydrogen-bond acceptors (Lipinski definition) is 6. The lowest BCUT2D eigenvalue weighted by Gasteiger charge is -2.18. The molecule has 6 nitrogen and oxygen atoms in total. The highest BCUT2D eigenvalue weighted by molar-refractivity contribution is 5.71. The molecule has 0 bridgehead atoms. The van der Waals surface area contributed by atoms with E-state index in [-0.39, 0.29) is 37.5 Å². The van der Waals surface area contributed by atoms with Crippen molar-refractivity contribution >= 4 is 17.9 Å². The first-order chi connectivity index (χ1) is 37.0. The number of carbonyl (C=O) groups is 3. The molecule has 0 heterocycles. The van der Waals surface area contributed by atoms with E-state index in [4.69, 9.17) is 14.2 Å². The summed E-state index contributed by atoms with van der Waals surface area (Å²) in [6, 6.07) is 0. The van der Waals surface area contributed by atoms with E-state index in [0.29, 0.717) is 19.3 Å². The maximum Gasteiger partial charge on any atom is 0.306 e. The molecule has 1 atom stereocenters. The lowest BCUT2D eigenvalue weighted by Crippen LogP contribution is -2.30. The van der Waals surface area contributed by atoms with Crippen LogP contribution in [-0.2, 0) is 28.6 Å². The first-order valence-electron chi connectivity index (χ1n) is 31.7. The van der Waals surface area contributed by atoms with Crippen molar-refractivity contribution < 1.29 is 28.6 Å². The van der Waals surface area contributed by atoms with E-state index < -0.39 is 6.10 Å². The second-order valence-corrected chi connectivity index (χ2v) is 20.9. The van der Waals surface area contributed by atoms with Crippen LogP contribution in [0.4, 0.5) is 0 Å². The summed E-state index contributed by atoms with van der Waals surface area (Å²) in [7, 11) is 0. The van der Waals surface area contributed by atoms with Gasteiger partial charge in [0.2, 0.25) is 0 Å². The van der Waals surface area contributed by atoms with Crippen LogP contribution >= 0.6 is 0 Å². The quantitative estimate of drug-likeness (QED) is 0.0261. The van der Waals surface area contributed by atoms with Crippen LogP contribution in [0, 0.1) is 0 Å². The predicted molar refractivity (Wildman–Crippen MR) is 325 cm³/mol. The van der Waals surface area contributed by atoms with Gasteiger partial charge in [-0.25, -0.2) is 0 Å². The van der Waals surface area contributed by atoms with Crippen LogP contribution in [0.15, 0.2) is 97.2 Å². The highest BCUT2D eigenvalue weighted by Crippen LogP contribution is 2.16. The summed E-state index contributed by atoms with van der Waals surface area (Å²) in [6.07, 6.45) is 84.1. The van der Waals surface area contributed by atoms with Crippen LogP contribution in [0.25, 0.3) is 0 Å². The fraction of sp³-hybridized carbons (Fsp3) is 0.725. The van der Waals surface area contributed by atoms with Gasteiger partial charge in [-0.05, 0) is 116 Å². The Morgan fingerprint density at radius 1 is 0.280 bits per heavy atom. The smallest absolute Gasteiger partial charge is 0.306 e. The van der Waals surface area contributed by atoms with E-state index in [1.807, 2.05) is 0 Å². The molecule has 6 heteroatoms. The third-order valence-corrected chi connectivity index (χ3v) is 13.5. The molecule has 0 fully saturated rings. The van der Waals surface area contributed by atoms with Gasteiger partial charge >= 0.3 is 17.9 Å². The van der Waals surface area contributed by atoms with Gasteiger partial charge in [-0.1, -0.05) is 266 Å². The van der Waals surface area contributed by atoms with E-state index in [9.17, 15) is 14.4 Å². The molecule has 75 heavy (non-hydrogen) atoms. The van der Waals surface area contributed by atoms with Crippen LogP contribution in [0.5, 0.6) is 0 Å². The normalized spacial score (nSPS) is 12.7. The third-order valence-electron chi connectivity index (χ3n) is 13.5. The van der Waals surface area contributed by atoms with Gasteiger partial charge in [0.25, 0.3) is 0 Å². The van der Waals surface area contributed by atoms with Gasteiger partial charge in [-0.2, -0.15) is 0 Å². The van der Waals surface area contributed by atoms with Gasteiger partial charge < -0.3 is 14.2 Å². The van der Waals surface area contributed by atoms with Crippen molar-refractivity contribution in [3.63, 3.8) is 0 Å². The minimum absolute atomic E-state index is 0.0975. The first-order valence-corrected chi connectivity index (χ1v) is 31.7. The molecule has 0 spiro atoms. The van der Waals surface area contributed by atoms with E-state index in [0.717, 1.165) is 83.5 Å². The van der Waals surface area contributed by atoms with Crippen molar-refractivity contribution in [2.75, 3.05) is 13.2 Å². The van der Waals surface area contributed by atoms with Gasteiger partial charge in [-0.15, -0.1) is 0 Å². The Bertz CT molecular complexity index is 1480. The van der Waals surface area contributed by atoms with E-state index in [2.05, 4.69) is 118 Å². The fourth-order valence-corrected chi connectivity index (χ4v) is 8.80. The Labute approximate surface area is 464 Å². The third kappa shape index (κ3) is 61.1. The van der Waals surface area contributed by atoms with Gasteiger partial charge in [0.05, 0.1) is 0 Å². The van der Waals surface area contributed by atoms with E-state index in [1.165, 1.54) is 173 Å². The first kappa shape index (κ1) is 71.3. The van der Waals surface area contributed by atoms with Crippen LogP contribution in [0.3, 0.4) is 0 Å². The van der Waals surface area contributed by atoms with Gasteiger partial charge in [0.1, 0.15) is 13.2 Å². The summed E-state index contributed by atoms with van der Waals surface area (Å²) in [5.41, 5.74) is 0. The van der Waals surface area contributed by atoms with Gasteiger partial charge in [0.15, 0.2) is 6.10 Å². The van der Waals surface area contributed by atoms with Crippen molar-refractivity contribution in [1.29, 1.82) is 0 Å². The zero-order chi connectivity index (χ0) is 54.3. The van der Waals surface area contributed by atoms with Crippen molar-refractivity contribution in [2.45, 2.75) is 309 Å². The average molecular weight is 1040 g/mol. The molecule has 430 valence electrons. The topological polar surface area (TPSA) is 78.9 Å². The zero-order valence-corrected chi connectivity index (χ0v) is 49.3. The zero-order valence-electron chi connectivity index (χ0n) is 49.3. The summed E-state index contributed by atoms with van der Waals surface area (Å²) < 4.78 is 16.9. The summed E-state index contributed by atoms with van der Waals surface area (Å²) >= 11 is 0.